The molecule has 1 atom stereocenters. The lowest BCUT2D eigenvalue weighted by Gasteiger charge is -2.19. The Morgan fingerprint density at radius 3 is 2.45 bits per heavy atom. The Balaban J connectivity index is 1.75. The van der Waals surface area contributed by atoms with Crippen molar-refractivity contribution in [2.24, 2.45) is 0 Å². The first-order valence-electron chi connectivity index (χ1n) is 10.1. The van der Waals surface area contributed by atoms with E-state index in [9.17, 15) is 19.2 Å². The molecule has 3 rings (SSSR count). The van der Waals surface area contributed by atoms with Gasteiger partial charge in [0.25, 0.3) is 5.91 Å². The zero-order valence-electron chi connectivity index (χ0n) is 17.9. The number of imide groups is 1. The van der Waals surface area contributed by atoms with Crippen molar-refractivity contribution in [3.05, 3.63) is 46.3 Å². The minimum atomic E-state index is -0.716. The van der Waals surface area contributed by atoms with Crippen LogP contribution in [0.25, 0.3) is 0 Å². The number of hydrogen-bond donors (Lipinski definition) is 1. The Bertz CT molecular complexity index is 1010. The van der Waals surface area contributed by atoms with E-state index in [2.05, 4.69) is 5.32 Å². The SMILES string of the molecule is CCOC(=O)c1cc(CC)sc1NC(=O)CN1C(=O)C(C)N(c2ccc(C)cc2)C1=O. The van der Waals surface area contributed by atoms with Crippen molar-refractivity contribution in [2.75, 3.05) is 23.4 Å². The summed E-state index contributed by atoms with van der Waals surface area (Å²) < 4.78 is 5.05. The molecule has 2 aromatic rings. The van der Waals surface area contributed by atoms with Crippen LogP contribution in [-0.4, -0.2) is 47.9 Å². The van der Waals surface area contributed by atoms with Gasteiger partial charge >= 0.3 is 12.0 Å². The summed E-state index contributed by atoms with van der Waals surface area (Å²) >= 11 is 1.27. The molecule has 0 spiro atoms. The Morgan fingerprint density at radius 2 is 1.84 bits per heavy atom. The van der Waals surface area contributed by atoms with Crippen molar-refractivity contribution in [1.82, 2.24) is 4.90 Å². The summed E-state index contributed by atoms with van der Waals surface area (Å²) in [7, 11) is 0. The van der Waals surface area contributed by atoms with Crippen LogP contribution in [-0.2, 0) is 20.7 Å². The molecule has 1 aromatic heterocycles. The lowest BCUT2D eigenvalue weighted by atomic mass is 10.2. The molecular formula is C22H25N3O5S. The van der Waals surface area contributed by atoms with Crippen LogP contribution in [0.15, 0.2) is 30.3 Å². The maximum absolute atomic E-state index is 12.9. The quantitative estimate of drug-likeness (QED) is 0.521. The lowest BCUT2D eigenvalue weighted by molar-refractivity contribution is -0.130. The molecule has 164 valence electrons. The number of anilines is 2. The largest absolute Gasteiger partial charge is 0.462 e. The van der Waals surface area contributed by atoms with E-state index in [0.717, 1.165) is 15.3 Å². The average molecular weight is 444 g/mol. The van der Waals surface area contributed by atoms with E-state index in [0.29, 0.717) is 17.1 Å². The predicted octanol–water partition coefficient (Wildman–Crippen LogP) is 3.59. The number of aryl methyl sites for hydroxylation is 2. The van der Waals surface area contributed by atoms with Crippen molar-refractivity contribution < 1.29 is 23.9 Å². The van der Waals surface area contributed by atoms with Crippen LogP contribution in [0.2, 0.25) is 0 Å². The summed E-state index contributed by atoms with van der Waals surface area (Å²) in [6, 6.07) is 7.66. The molecule has 1 aliphatic rings. The number of hydrogen-bond acceptors (Lipinski definition) is 6. The second-order valence-corrected chi connectivity index (χ2v) is 8.30. The third kappa shape index (κ3) is 4.61. The van der Waals surface area contributed by atoms with Crippen LogP contribution < -0.4 is 10.2 Å². The minimum Gasteiger partial charge on any atom is -0.462 e. The van der Waals surface area contributed by atoms with Crippen LogP contribution in [0.3, 0.4) is 0 Å². The Morgan fingerprint density at radius 1 is 1.16 bits per heavy atom. The number of esters is 1. The maximum Gasteiger partial charge on any atom is 0.341 e. The maximum atomic E-state index is 12.9. The van der Waals surface area contributed by atoms with Gasteiger partial charge in [-0.2, -0.15) is 0 Å². The Labute approximate surface area is 184 Å². The van der Waals surface area contributed by atoms with Crippen molar-refractivity contribution in [3.63, 3.8) is 0 Å². The highest BCUT2D eigenvalue weighted by atomic mass is 32.1. The van der Waals surface area contributed by atoms with Gasteiger partial charge in [0, 0.05) is 10.6 Å². The average Bonchev–Trinajstić information content (AvgIpc) is 3.23. The second kappa shape index (κ2) is 9.30. The number of urea groups is 1. The zero-order chi connectivity index (χ0) is 22.7. The van der Waals surface area contributed by atoms with Crippen molar-refractivity contribution in [3.8, 4) is 0 Å². The molecule has 4 amide bonds. The summed E-state index contributed by atoms with van der Waals surface area (Å²) in [6.45, 7) is 6.98. The lowest BCUT2D eigenvalue weighted by Crippen LogP contribution is -2.39. The highest BCUT2D eigenvalue weighted by Crippen LogP contribution is 2.30. The molecule has 0 bridgehead atoms. The summed E-state index contributed by atoms with van der Waals surface area (Å²) in [5.74, 6) is -1.54. The van der Waals surface area contributed by atoms with Gasteiger partial charge in [0.1, 0.15) is 17.6 Å². The molecule has 0 saturated carbocycles. The number of thiophene rings is 1. The summed E-state index contributed by atoms with van der Waals surface area (Å²) in [5.41, 5.74) is 1.89. The van der Waals surface area contributed by atoms with Gasteiger partial charge in [0.15, 0.2) is 0 Å². The second-order valence-electron chi connectivity index (χ2n) is 7.17. The first-order chi connectivity index (χ1) is 14.8. The molecule has 8 nitrogen and oxygen atoms in total. The van der Waals surface area contributed by atoms with Gasteiger partial charge in [0.2, 0.25) is 5.91 Å². The number of rotatable bonds is 7. The van der Waals surface area contributed by atoms with Gasteiger partial charge in [-0.3, -0.25) is 19.4 Å². The van der Waals surface area contributed by atoms with E-state index < -0.39 is 36.4 Å². The van der Waals surface area contributed by atoms with E-state index in [-0.39, 0.29) is 12.2 Å². The topological polar surface area (TPSA) is 96.0 Å². The zero-order valence-corrected chi connectivity index (χ0v) is 18.7. The number of ether oxygens (including phenoxy) is 1. The third-order valence-electron chi connectivity index (χ3n) is 4.94. The van der Waals surface area contributed by atoms with Crippen LogP contribution in [0.4, 0.5) is 15.5 Å². The molecule has 0 radical (unpaired) electrons. The summed E-state index contributed by atoms with van der Waals surface area (Å²) in [4.78, 5) is 53.6. The Hall–Kier alpha value is -3.20. The van der Waals surface area contributed by atoms with E-state index in [4.69, 9.17) is 4.74 Å². The molecule has 0 aliphatic carbocycles. The summed E-state index contributed by atoms with van der Waals surface area (Å²) in [6.07, 6.45) is 0.694. The fourth-order valence-corrected chi connectivity index (χ4v) is 4.29. The summed E-state index contributed by atoms with van der Waals surface area (Å²) in [5, 5.41) is 3.01. The molecule has 1 unspecified atom stereocenters. The monoisotopic (exact) mass is 443 g/mol. The molecule has 1 saturated heterocycles. The normalized spacial score (nSPS) is 16.1. The number of carbonyl (C=O) groups is 4. The third-order valence-corrected chi connectivity index (χ3v) is 6.14. The van der Waals surface area contributed by atoms with Crippen LogP contribution in [0.5, 0.6) is 0 Å². The number of benzene rings is 1. The molecule has 31 heavy (non-hydrogen) atoms. The molecule has 1 N–H and O–H groups in total. The molecule has 9 heteroatoms. The van der Waals surface area contributed by atoms with Crippen molar-refractivity contribution in [1.29, 1.82) is 0 Å². The Kier molecular flexibility index (Phi) is 6.74. The van der Waals surface area contributed by atoms with Crippen LogP contribution >= 0.6 is 11.3 Å². The highest BCUT2D eigenvalue weighted by Gasteiger charge is 2.44. The van der Waals surface area contributed by atoms with E-state index in [1.807, 2.05) is 26.0 Å². The smallest absolute Gasteiger partial charge is 0.341 e. The molecule has 1 aliphatic heterocycles. The van der Waals surface area contributed by atoms with Gasteiger partial charge < -0.3 is 10.1 Å². The molecular weight excluding hydrogens is 418 g/mol. The number of nitrogens with zero attached hydrogens (tertiary/aromatic N) is 2. The van der Waals surface area contributed by atoms with Crippen molar-refractivity contribution in [2.45, 2.75) is 40.2 Å². The fraction of sp³-hybridized carbons (Fsp3) is 0.364. The van der Waals surface area contributed by atoms with Gasteiger partial charge in [-0.25, -0.2) is 9.59 Å². The predicted molar refractivity (Wildman–Crippen MR) is 119 cm³/mol. The molecule has 1 aromatic carbocycles. The number of nitrogens with one attached hydrogen (secondary N) is 1. The standard InChI is InChI=1S/C22H25N3O5S/c1-5-16-11-17(21(28)30-6-2)19(31-16)23-18(26)12-24-20(27)14(4)25(22(24)29)15-9-7-13(3)8-10-15/h7-11,14H,5-6,12H2,1-4H3,(H,23,26). The van der Waals surface area contributed by atoms with Crippen LogP contribution in [0.1, 0.15) is 41.6 Å². The van der Waals surface area contributed by atoms with E-state index >= 15 is 0 Å². The van der Waals surface area contributed by atoms with E-state index in [1.165, 1.54) is 16.2 Å². The first kappa shape index (κ1) is 22.5. The molecule has 2 heterocycles. The van der Waals surface area contributed by atoms with Crippen LogP contribution in [0, 0.1) is 6.92 Å². The van der Waals surface area contributed by atoms with Gasteiger partial charge in [-0.1, -0.05) is 24.6 Å². The first-order valence-corrected chi connectivity index (χ1v) is 10.9. The minimum absolute atomic E-state index is 0.215. The molecule has 1 fully saturated rings. The van der Waals surface area contributed by atoms with Gasteiger partial charge in [-0.05, 0) is 45.4 Å². The van der Waals surface area contributed by atoms with Gasteiger partial charge in [0.05, 0.1) is 12.2 Å². The number of carbonyl (C=O) groups excluding carboxylic acids is 4. The highest BCUT2D eigenvalue weighted by molar-refractivity contribution is 7.16. The van der Waals surface area contributed by atoms with Crippen molar-refractivity contribution >= 4 is 45.8 Å². The van der Waals surface area contributed by atoms with E-state index in [1.54, 1.807) is 32.0 Å². The van der Waals surface area contributed by atoms with Gasteiger partial charge in [-0.15, -0.1) is 11.3 Å². The number of amides is 4. The fourth-order valence-electron chi connectivity index (χ4n) is 3.29.